The monoisotopic (exact) mass is 369 g/mol. The fourth-order valence-corrected chi connectivity index (χ4v) is 3.38. The molecule has 26 heavy (non-hydrogen) atoms. The van der Waals surface area contributed by atoms with Gasteiger partial charge < -0.3 is 9.30 Å². The molecule has 0 unspecified atom stereocenters. The van der Waals surface area contributed by atoms with Crippen LogP contribution in [-0.2, 0) is 16.0 Å². The molecule has 134 valence electrons. The first-order valence-corrected chi connectivity index (χ1v) is 8.94. The second-order valence-electron chi connectivity index (χ2n) is 5.85. The van der Waals surface area contributed by atoms with Crippen LogP contribution in [0.4, 0.5) is 5.13 Å². The predicted molar refractivity (Wildman–Crippen MR) is 101 cm³/mol. The SMILES string of the molecule is COC(=O)Cc1csc(NC(=O)c2ccc(-n3c(C)ccc3C)cc2)n1. The second kappa shape index (κ2) is 7.53. The minimum Gasteiger partial charge on any atom is -0.469 e. The average Bonchev–Trinajstić information content (AvgIpc) is 3.21. The molecule has 1 aromatic carbocycles. The number of esters is 1. The van der Waals surface area contributed by atoms with Gasteiger partial charge in [-0.3, -0.25) is 14.9 Å². The highest BCUT2D eigenvalue weighted by Gasteiger charge is 2.12. The van der Waals surface area contributed by atoms with Crippen LogP contribution in [0.2, 0.25) is 0 Å². The van der Waals surface area contributed by atoms with Crippen molar-refractivity contribution in [2.45, 2.75) is 20.3 Å². The Morgan fingerprint density at radius 1 is 1.12 bits per heavy atom. The van der Waals surface area contributed by atoms with Crippen molar-refractivity contribution >= 4 is 28.3 Å². The fourth-order valence-electron chi connectivity index (χ4n) is 2.67. The van der Waals surface area contributed by atoms with Gasteiger partial charge in [-0.2, -0.15) is 0 Å². The van der Waals surface area contributed by atoms with Crippen LogP contribution in [0.15, 0.2) is 41.8 Å². The van der Waals surface area contributed by atoms with E-state index in [1.54, 1.807) is 17.5 Å². The molecule has 2 heterocycles. The number of rotatable bonds is 5. The number of anilines is 1. The molecule has 0 aliphatic heterocycles. The zero-order valence-electron chi connectivity index (χ0n) is 14.8. The molecule has 0 fully saturated rings. The third kappa shape index (κ3) is 3.83. The Balaban J connectivity index is 1.70. The van der Waals surface area contributed by atoms with Gasteiger partial charge in [0.1, 0.15) is 0 Å². The number of benzene rings is 1. The Labute approximate surface area is 155 Å². The number of hydrogen-bond acceptors (Lipinski definition) is 5. The summed E-state index contributed by atoms with van der Waals surface area (Å²) < 4.78 is 6.74. The summed E-state index contributed by atoms with van der Waals surface area (Å²) in [6, 6.07) is 11.5. The Hall–Kier alpha value is -2.93. The Morgan fingerprint density at radius 3 is 2.38 bits per heavy atom. The van der Waals surface area contributed by atoms with Gasteiger partial charge in [0.25, 0.3) is 5.91 Å². The van der Waals surface area contributed by atoms with E-state index in [-0.39, 0.29) is 18.3 Å². The van der Waals surface area contributed by atoms with Crippen LogP contribution in [0.1, 0.15) is 27.4 Å². The standard InChI is InChI=1S/C19H19N3O3S/c1-12-4-5-13(2)22(12)16-8-6-14(7-9-16)18(24)21-19-20-15(11-26-19)10-17(23)25-3/h4-9,11H,10H2,1-3H3,(H,20,21,24). The zero-order valence-corrected chi connectivity index (χ0v) is 15.6. The summed E-state index contributed by atoms with van der Waals surface area (Å²) in [7, 11) is 1.33. The summed E-state index contributed by atoms with van der Waals surface area (Å²) in [5.74, 6) is -0.601. The van der Waals surface area contributed by atoms with Gasteiger partial charge >= 0.3 is 5.97 Å². The summed E-state index contributed by atoms with van der Waals surface area (Å²) in [6.07, 6.45) is 0.0904. The first kappa shape index (κ1) is 17.9. The van der Waals surface area contributed by atoms with Crippen molar-refractivity contribution in [3.63, 3.8) is 0 Å². The highest BCUT2D eigenvalue weighted by atomic mass is 32.1. The van der Waals surface area contributed by atoms with Crippen LogP contribution in [0.25, 0.3) is 5.69 Å². The first-order chi connectivity index (χ1) is 12.5. The highest BCUT2D eigenvalue weighted by molar-refractivity contribution is 7.14. The third-order valence-corrected chi connectivity index (χ3v) is 4.79. The molecule has 0 bridgehead atoms. The zero-order chi connectivity index (χ0) is 18.7. The van der Waals surface area contributed by atoms with Gasteiger partial charge in [0.05, 0.1) is 19.2 Å². The number of aromatic nitrogens is 2. The maximum absolute atomic E-state index is 12.4. The van der Waals surface area contributed by atoms with E-state index in [9.17, 15) is 9.59 Å². The van der Waals surface area contributed by atoms with Crippen molar-refractivity contribution in [2.24, 2.45) is 0 Å². The van der Waals surface area contributed by atoms with Crippen LogP contribution in [0.5, 0.6) is 0 Å². The first-order valence-electron chi connectivity index (χ1n) is 8.06. The molecule has 0 aliphatic rings. The smallest absolute Gasteiger partial charge is 0.311 e. The molecule has 3 rings (SSSR count). The Kier molecular flexibility index (Phi) is 5.18. The van der Waals surface area contributed by atoms with Gasteiger partial charge in [-0.15, -0.1) is 11.3 Å². The topological polar surface area (TPSA) is 73.2 Å². The molecule has 0 atom stereocenters. The van der Waals surface area contributed by atoms with E-state index < -0.39 is 0 Å². The van der Waals surface area contributed by atoms with Crippen molar-refractivity contribution in [3.8, 4) is 5.69 Å². The molecule has 0 saturated carbocycles. The van der Waals surface area contributed by atoms with Gasteiger partial charge in [0, 0.05) is 28.0 Å². The Bertz CT molecular complexity index is 922. The van der Waals surface area contributed by atoms with Gasteiger partial charge in [-0.05, 0) is 50.2 Å². The van der Waals surface area contributed by atoms with Gasteiger partial charge in [0.15, 0.2) is 5.13 Å². The summed E-state index contributed by atoms with van der Waals surface area (Å²) >= 11 is 1.28. The molecule has 2 aromatic heterocycles. The molecule has 0 spiro atoms. The van der Waals surface area contributed by atoms with Crippen LogP contribution in [0.3, 0.4) is 0 Å². The Morgan fingerprint density at radius 2 is 1.77 bits per heavy atom. The molecule has 7 heteroatoms. The number of carbonyl (C=O) groups excluding carboxylic acids is 2. The normalized spacial score (nSPS) is 10.6. The predicted octanol–water partition coefficient (Wildman–Crippen LogP) is 3.52. The van der Waals surface area contributed by atoms with Crippen LogP contribution >= 0.6 is 11.3 Å². The number of carbonyl (C=O) groups is 2. The number of methoxy groups -OCH3 is 1. The minimum atomic E-state index is -0.362. The van der Waals surface area contributed by atoms with Crippen molar-refractivity contribution in [1.29, 1.82) is 0 Å². The molecule has 0 aliphatic carbocycles. The number of nitrogens with one attached hydrogen (secondary N) is 1. The van der Waals surface area contributed by atoms with E-state index in [4.69, 9.17) is 0 Å². The molecule has 6 nitrogen and oxygen atoms in total. The molecule has 3 aromatic rings. The van der Waals surface area contributed by atoms with Gasteiger partial charge in [-0.25, -0.2) is 4.98 Å². The summed E-state index contributed by atoms with van der Waals surface area (Å²) in [4.78, 5) is 27.9. The second-order valence-corrected chi connectivity index (χ2v) is 6.71. The van der Waals surface area contributed by atoms with Gasteiger partial charge in [-0.1, -0.05) is 0 Å². The number of amides is 1. The summed E-state index contributed by atoms with van der Waals surface area (Å²) in [6.45, 7) is 4.09. The lowest BCUT2D eigenvalue weighted by molar-refractivity contribution is -0.139. The number of ether oxygens (including phenoxy) is 1. The van der Waals surface area contributed by atoms with Crippen molar-refractivity contribution in [1.82, 2.24) is 9.55 Å². The summed E-state index contributed by atoms with van der Waals surface area (Å²) in [5.41, 5.74) is 4.41. The van der Waals surface area contributed by atoms with Crippen LogP contribution in [0, 0.1) is 13.8 Å². The van der Waals surface area contributed by atoms with Crippen molar-refractivity contribution in [2.75, 3.05) is 12.4 Å². The maximum atomic E-state index is 12.4. The van der Waals surface area contributed by atoms with Crippen LogP contribution in [-0.4, -0.2) is 28.5 Å². The molecule has 0 saturated heterocycles. The number of thiazole rings is 1. The van der Waals surface area contributed by atoms with E-state index in [0.29, 0.717) is 16.4 Å². The van der Waals surface area contributed by atoms with E-state index in [1.807, 2.05) is 26.0 Å². The third-order valence-electron chi connectivity index (χ3n) is 3.98. The maximum Gasteiger partial charge on any atom is 0.311 e. The van der Waals surface area contributed by atoms with Crippen molar-refractivity contribution < 1.29 is 14.3 Å². The minimum absolute atomic E-state index is 0.0904. The highest BCUT2D eigenvalue weighted by Crippen LogP contribution is 2.19. The van der Waals surface area contributed by atoms with E-state index in [2.05, 4.69) is 31.7 Å². The molecule has 0 radical (unpaired) electrons. The molecular formula is C19H19N3O3S. The lowest BCUT2D eigenvalue weighted by Gasteiger charge is -2.10. The largest absolute Gasteiger partial charge is 0.469 e. The quantitative estimate of drug-likeness (QED) is 0.699. The lowest BCUT2D eigenvalue weighted by atomic mass is 10.2. The van der Waals surface area contributed by atoms with Crippen molar-refractivity contribution in [3.05, 3.63) is 64.4 Å². The lowest BCUT2D eigenvalue weighted by Crippen LogP contribution is -2.12. The van der Waals surface area contributed by atoms with E-state index >= 15 is 0 Å². The van der Waals surface area contributed by atoms with Crippen LogP contribution < -0.4 is 5.32 Å². The van der Waals surface area contributed by atoms with Gasteiger partial charge in [0.2, 0.25) is 0 Å². The molecular weight excluding hydrogens is 350 g/mol. The average molecular weight is 369 g/mol. The van der Waals surface area contributed by atoms with E-state index in [1.165, 1.54) is 18.4 Å². The number of hydrogen-bond donors (Lipinski definition) is 1. The van der Waals surface area contributed by atoms with E-state index in [0.717, 1.165) is 17.1 Å². The summed E-state index contributed by atoms with van der Waals surface area (Å²) in [5, 5.41) is 4.94. The fraction of sp³-hybridized carbons (Fsp3) is 0.211. The molecule has 1 N–H and O–H groups in total. The molecule has 1 amide bonds. The number of aryl methyl sites for hydroxylation is 2. The number of nitrogens with zero attached hydrogens (tertiary/aromatic N) is 2.